The molecule has 1 amide bonds. The minimum Gasteiger partial charge on any atom is -0.355 e. The summed E-state index contributed by atoms with van der Waals surface area (Å²) in [6.45, 7) is 7.55. The normalized spacial score (nSPS) is 26.9. The Kier molecular flexibility index (Phi) is 6.11. The van der Waals surface area contributed by atoms with Gasteiger partial charge in [0.05, 0.1) is 0 Å². The lowest BCUT2D eigenvalue weighted by molar-refractivity contribution is -0.122. The second-order valence-electron chi connectivity index (χ2n) is 6.17. The maximum absolute atomic E-state index is 11.9. The third kappa shape index (κ3) is 5.11. The summed E-state index contributed by atoms with van der Waals surface area (Å²) in [4.78, 5) is 14.4. The molecule has 2 heterocycles. The van der Waals surface area contributed by atoms with Gasteiger partial charge in [-0.2, -0.15) is 0 Å². The fraction of sp³-hybridized carbons (Fsp3) is 0.933. The van der Waals surface area contributed by atoms with Gasteiger partial charge in [-0.3, -0.25) is 9.69 Å². The molecule has 2 aliphatic heterocycles. The molecule has 4 heteroatoms. The number of carbonyl (C=O) groups excluding carboxylic acids is 1. The molecule has 2 fully saturated rings. The number of piperidine rings is 2. The lowest BCUT2D eigenvalue weighted by atomic mass is 9.96. The molecule has 0 radical (unpaired) electrons. The Balaban J connectivity index is 1.61. The van der Waals surface area contributed by atoms with E-state index >= 15 is 0 Å². The van der Waals surface area contributed by atoms with Crippen molar-refractivity contribution in [3.63, 3.8) is 0 Å². The Morgan fingerprint density at radius 2 is 2.11 bits per heavy atom. The summed E-state index contributed by atoms with van der Waals surface area (Å²) in [5.74, 6) is 0.775. The number of carbonyl (C=O) groups is 1. The van der Waals surface area contributed by atoms with E-state index in [9.17, 15) is 4.79 Å². The zero-order valence-electron chi connectivity index (χ0n) is 12.3. The molecule has 2 N–H and O–H groups in total. The van der Waals surface area contributed by atoms with E-state index in [4.69, 9.17) is 0 Å². The van der Waals surface area contributed by atoms with Gasteiger partial charge in [0, 0.05) is 19.0 Å². The van der Waals surface area contributed by atoms with Crippen LogP contribution in [0.25, 0.3) is 0 Å². The number of hydrogen-bond acceptors (Lipinski definition) is 3. The molecule has 2 unspecified atom stereocenters. The van der Waals surface area contributed by atoms with Gasteiger partial charge in [-0.25, -0.2) is 0 Å². The molecule has 0 aliphatic carbocycles. The molecular weight excluding hydrogens is 238 g/mol. The molecule has 0 aromatic heterocycles. The fourth-order valence-electron chi connectivity index (χ4n) is 3.18. The molecule has 2 aliphatic rings. The molecule has 0 spiro atoms. The van der Waals surface area contributed by atoms with Gasteiger partial charge in [-0.05, 0) is 64.7 Å². The Morgan fingerprint density at radius 3 is 2.79 bits per heavy atom. The number of hydrogen-bond donors (Lipinski definition) is 2. The predicted molar refractivity (Wildman–Crippen MR) is 78.1 cm³/mol. The van der Waals surface area contributed by atoms with Crippen molar-refractivity contribution in [2.75, 3.05) is 32.7 Å². The first kappa shape index (κ1) is 14.8. The molecule has 2 atom stereocenters. The molecule has 0 bridgehead atoms. The van der Waals surface area contributed by atoms with Crippen LogP contribution in [-0.4, -0.2) is 49.6 Å². The molecule has 110 valence electrons. The summed E-state index contributed by atoms with van der Waals surface area (Å²) in [5, 5.41) is 6.49. The molecule has 2 rings (SSSR count). The van der Waals surface area contributed by atoms with E-state index in [1.165, 1.54) is 45.2 Å². The maximum Gasteiger partial charge on any atom is 0.220 e. The van der Waals surface area contributed by atoms with Gasteiger partial charge in [0.1, 0.15) is 0 Å². The van der Waals surface area contributed by atoms with Crippen molar-refractivity contribution >= 4 is 5.91 Å². The van der Waals surface area contributed by atoms with Gasteiger partial charge in [0.25, 0.3) is 0 Å². The topological polar surface area (TPSA) is 44.4 Å². The van der Waals surface area contributed by atoms with Crippen LogP contribution in [-0.2, 0) is 4.79 Å². The smallest absolute Gasteiger partial charge is 0.220 e. The lowest BCUT2D eigenvalue weighted by Gasteiger charge is -2.32. The van der Waals surface area contributed by atoms with Crippen LogP contribution in [0.5, 0.6) is 0 Å². The van der Waals surface area contributed by atoms with Crippen molar-refractivity contribution in [3.8, 4) is 0 Å². The first-order valence-corrected chi connectivity index (χ1v) is 7.97. The van der Waals surface area contributed by atoms with Crippen molar-refractivity contribution in [2.24, 2.45) is 5.92 Å². The number of likely N-dealkylation sites (tertiary alicyclic amines) is 1. The number of nitrogens with one attached hydrogen (secondary N) is 2. The van der Waals surface area contributed by atoms with Crippen LogP contribution < -0.4 is 10.6 Å². The Hall–Kier alpha value is -0.610. The van der Waals surface area contributed by atoms with E-state index in [0.717, 1.165) is 19.6 Å². The summed E-state index contributed by atoms with van der Waals surface area (Å²) in [6.07, 6.45) is 7.09. The third-order valence-electron chi connectivity index (χ3n) is 4.48. The third-order valence-corrected chi connectivity index (χ3v) is 4.48. The van der Waals surface area contributed by atoms with Crippen molar-refractivity contribution in [1.29, 1.82) is 0 Å². The standard InChI is InChI=1S/C15H29N3O/c1-13(18-8-3-2-4-9-18)11-17-15(19)10-14-6-5-7-16-12-14/h13-14,16H,2-12H2,1H3,(H,17,19). The van der Waals surface area contributed by atoms with E-state index in [0.29, 0.717) is 18.4 Å². The number of amides is 1. The Morgan fingerprint density at radius 1 is 1.32 bits per heavy atom. The summed E-state index contributed by atoms with van der Waals surface area (Å²) >= 11 is 0. The highest BCUT2D eigenvalue weighted by Gasteiger charge is 2.19. The van der Waals surface area contributed by atoms with Gasteiger partial charge < -0.3 is 10.6 Å². The molecule has 4 nitrogen and oxygen atoms in total. The SMILES string of the molecule is CC(CNC(=O)CC1CCCNC1)N1CCCCC1. The van der Waals surface area contributed by atoms with Crippen LogP contribution in [0.2, 0.25) is 0 Å². The Bertz CT molecular complexity index is 271. The summed E-state index contributed by atoms with van der Waals surface area (Å²) in [5.41, 5.74) is 0. The van der Waals surface area contributed by atoms with Crippen LogP contribution in [0.15, 0.2) is 0 Å². The quantitative estimate of drug-likeness (QED) is 0.791. The molecule has 0 aromatic carbocycles. The van der Waals surface area contributed by atoms with Gasteiger partial charge >= 0.3 is 0 Å². The van der Waals surface area contributed by atoms with Crippen molar-refractivity contribution in [1.82, 2.24) is 15.5 Å². The highest BCUT2D eigenvalue weighted by Crippen LogP contribution is 2.14. The van der Waals surface area contributed by atoms with E-state index in [1.807, 2.05) is 0 Å². The van der Waals surface area contributed by atoms with Gasteiger partial charge in [-0.15, -0.1) is 0 Å². The summed E-state index contributed by atoms with van der Waals surface area (Å²) in [7, 11) is 0. The molecule has 2 saturated heterocycles. The zero-order valence-corrected chi connectivity index (χ0v) is 12.3. The van der Waals surface area contributed by atoms with E-state index in [-0.39, 0.29) is 5.91 Å². The van der Waals surface area contributed by atoms with E-state index < -0.39 is 0 Å². The minimum absolute atomic E-state index is 0.234. The monoisotopic (exact) mass is 267 g/mol. The number of rotatable bonds is 5. The lowest BCUT2D eigenvalue weighted by Crippen LogP contribution is -2.45. The van der Waals surface area contributed by atoms with Crippen LogP contribution >= 0.6 is 0 Å². The summed E-state index contributed by atoms with van der Waals surface area (Å²) < 4.78 is 0. The van der Waals surface area contributed by atoms with Crippen molar-refractivity contribution in [3.05, 3.63) is 0 Å². The zero-order chi connectivity index (χ0) is 13.5. The predicted octanol–water partition coefficient (Wildman–Crippen LogP) is 1.37. The largest absolute Gasteiger partial charge is 0.355 e. The first-order chi connectivity index (χ1) is 9.25. The van der Waals surface area contributed by atoms with Crippen molar-refractivity contribution in [2.45, 2.75) is 51.5 Å². The van der Waals surface area contributed by atoms with Crippen LogP contribution in [0, 0.1) is 5.92 Å². The summed E-state index contributed by atoms with van der Waals surface area (Å²) in [6, 6.07) is 0.480. The van der Waals surface area contributed by atoms with Gasteiger partial charge in [0.2, 0.25) is 5.91 Å². The average molecular weight is 267 g/mol. The Labute approximate surface area is 117 Å². The highest BCUT2D eigenvalue weighted by atomic mass is 16.1. The fourth-order valence-corrected chi connectivity index (χ4v) is 3.18. The second-order valence-corrected chi connectivity index (χ2v) is 6.17. The average Bonchev–Trinajstić information content (AvgIpc) is 2.47. The van der Waals surface area contributed by atoms with Gasteiger partial charge in [0.15, 0.2) is 0 Å². The van der Waals surface area contributed by atoms with Crippen LogP contribution in [0.4, 0.5) is 0 Å². The van der Waals surface area contributed by atoms with E-state index in [1.54, 1.807) is 0 Å². The second kappa shape index (κ2) is 7.85. The number of nitrogens with zero attached hydrogens (tertiary/aromatic N) is 1. The molecule has 19 heavy (non-hydrogen) atoms. The van der Waals surface area contributed by atoms with Crippen molar-refractivity contribution < 1.29 is 4.79 Å². The maximum atomic E-state index is 11.9. The minimum atomic E-state index is 0.234. The van der Waals surface area contributed by atoms with E-state index in [2.05, 4.69) is 22.5 Å². The van der Waals surface area contributed by atoms with Crippen LogP contribution in [0.3, 0.4) is 0 Å². The van der Waals surface area contributed by atoms with Crippen LogP contribution in [0.1, 0.15) is 45.4 Å². The highest BCUT2D eigenvalue weighted by molar-refractivity contribution is 5.76. The molecule has 0 aromatic rings. The first-order valence-electron chi connectivity index (χ1n) is 7.97. The van der Waals surface area contributed by atoms with Gasteiger partial charge in [-0.1, -0.05) is 6.42 Å². The molecular formula is C15H29N3O. The molecule has 0 saturated carbocycles.